The SMILES string of the molecule is CC(C)c1ccc(OCC2CO2)cc1.CCC.COCC1CO1.COCC1CO1.COCC1CO1.c1ccccc1.c1ccccc1.c1ccccc1. The summed E-state index contributed by atoms with van der Waals surface area (Å²) in [5.41, 5.74) is 1.35. The maximum absolute atomic E-state index is 5.54. The van der Waals surface area contributed by atoms with E-state index in [0.717, 1.165) is 52.0 Å². The molecule has 4 aromatic carbocycles. The second-order valence-electron chi connectivity index (χ2n) is 12.4. The van der Waals surface area contributed by atoms with Gasteiger partial charge in [-0.2, -0.15) is 0 Å². The van der Waals surface area contributed by atoms with Crippen molar-refractivity contribution in [2.24, 2.45) is 0 Å². The lowest BCUT2D eigenvalue weighted by atomic mass is 10.0. The van der Waals surface area contributed by atoms with E-state index in [9.17, 15) is 0 Å². The molecule has 0 bridgehead atoms. The molecule has 4 saturated heterocycles. The highest BCUT2D eigenvalue weighted by atomic mass is 16.6. The first-order valence-corrected chi connectivity index (χ1v) is 18.6. The van der Waals surface area contributed by atoms with Crippen molar-refractivity contribution >= 4 is 0 Å². The molecule has 4 unspecified atom stereocenters. The van der Waals surface area contributed by atoms with E-state index in [-0.39, 0.29) is 0 Å². The van der Waals surface area contributed by atoms with Gasteiger partial charge in [-0.15, -0.1) is 0 Å². The maximum Gasteiger partial charge on any atom is 0.119 e. The molecule has 0 aliphatic carbocycles. The van der Waals surface area contributed by atoms with Gasteiger partial charge in [-0.3, -0.25) is 0 Å². The predicted octanol–water partition coefficient (Wildman–Crippen LogP) is 9.16. The Labute approximate surface area is 320 Å². The Balaban J connectivity index is 0.000000316. The van der Waals surface area contributed by atoms with Gasteiger partial charge < -0.3 is 37.9 Å². The van der Waals surface area contributed by atoms with E-state index in [1.54, 1.807) is 21.3 Å². The van der Waals surface area contributed by atoms with Crippen LogP contribution in [-0.4, -0.2) is 98.6 Å². The molecule has 0 aromatic heterocycles. The Morgan fingerprint density at radius 2 is 0.679 bits per heavy atom. The van der Waals surface area contributed by atoms with Gasteiger partial charge >= 0.3 is 0 Å². The van der Waals surface area contributed by atoms with Crippen molar-refractivity contribution in [3.63, 3.8) is 0 Å². The van der Waals surface area contributed by atoms with Crippen LogP contribution in [0.2, 0.25) is 0 Å². The number of hydrogen-bond acceptors (Lipinski definition) is 8. The van der Waals surface area contributed by atoms with Crippen molar-refractivity contribution in [3.05, 3.63) is 139 Å². The van der Waals surface area contributed by atoms with Crippen LogP contribution in [0.4, 0.5) is 0 Å². The largest absolute Gasteiger partial charge is 0.491 e. The van der Waals surface area contributed by atoms with E-state index in [1.807, 2.05) is 121 Å². The fraction of sp³-hybridized carbons (Fsp3) is 0.467. The minimum Gasteiger partial charge on any atom is -0.491 e. The number of benzene rings is 4. The molecule has 4 heterocycles. The summed E-state index contributed by atoms with van der Waals surface area (Å²) in [4.78, 5) is 0. The number of hydrogen-bond donors (Lipinski definition) is 0. The average Bonchev–Trinajstić information content (AvgIpc) is 3.99. The van der Waals surface area contributed by atoms with Crippen molar-refractivity contribution in [2.75, 3.05) is 74.2 Å². The van der Waals surface area contributed by atoms with Crippen LogP contribution in [0.3, 0.4) is 0 Å². The first-order chi connectivity index (χ1) is 26.0. The van der Waals surface area contributed by atoms with Crippen LogP contribution in [0.1, 0.15) is 45.6 Å². The number of ether oxygens (including phenoxy) is 8. The summed E-state index contributed by atoms with van der Waals surface area (Å²) in [6.45, 7) is 15.1. The third kappa shape index (κ3) is 35.2. The van der Waals surface area contributed by atoms with E-state index in [4.69, 9.17) is 37.9 Å². The first kappa shape index (κ1) is 47.4. The molecule has 8 rings (SSSR count). The number of methoxy groups -OCH3 is 3. The van der Waals surface area contributed by atoms with Gasteiger partial charge in [-0.05, 0) is 23.6 Å². The molecular weight excluding hydrogens is 668 g/mol. The highest BCUT2D eigenvalue weighted by molar-refractivity contribution is 5.28. The van der Waals surface area contributed by atoms with Gasteiger partial charge in [0.1, 0.15) is 36.8 Å². The van der Waals surface area contributed by atoms with Crippen molar-refractivity contribution in [2.45, 2.75) is 64.4 Å². The molecule has 4 fully saturated rings. The van der Waals surface area contributed by atoms with Gasteiger partial charge in [0.2, 0.25) is 0 Å². The first-order valence-electron chi connectivity index (χ1n) is 18.6. The Bertz CT molecular complexity index is 1060. The monoisotopic (exact) mass is 734 g/mol. The standard InChI is InChI=1S/C12H16O2.3C6H6.3C4H8O2.C3H8/c1-9(2)10-3-5-11(6-4-10)13-7-12-8-14-12;3*1-2-4-6-5-3-1;3*1-5-2-4-3-6-4;1-3-2/h3-6,9,12H,7-8H2,1-2H3;3*1-6H;3*4H,2-3H2,1H3;3H2,1-2H3. The summed E-state index contributed by atoms with van der Waals surface area (Å²) in [5, 5.41) is 0. The van der Waals surface area contributed by atoms with E-state index in [0.29, 0.717) is 36.9 Å². The van der Waals surface area contributed by atoms with E-state index in [1.165, 1.54) is 12.0 Å². The minimum atomic E-state index is 0.333. The minimum absolute atomic E-state index is 0.333. The Kier molecular flexibility index (Phi) is 30.6. The summed E-state index contributed by atoms with van der Waals surface area (Å²) in [6, 6.07) is 44.3. The van der Waals surface area contributed by atoms with Crippen LogP contribution < -0.4 is 4.74 Å². The summed E-state index contributed by atoms with van der Waals surface area (Å²) >= 11 is 0. The summed E-state index contributed by atoms with van der Waals surface area (Å²) in [7, 11) is 5.05. The van der Waals surface area contributed by atoms with Crippen molar-refractivity contribution in [1.82, 2.24) is 0 Å². The molecule has 294 valence electrons. The summed E-state index contributed by atoms with van der Waals surface area (Å²) in [5.74, 6) is 1.51. The molecule has 0 amide bonds. The highest BCUT2D eigenvalue weighted by Gasteiger charge is 2.23. The zero-order valence-electron chi connectivity index (χ0n) is 33.2. The lowest BCUT2D eigenvalue weighted by Crippen LogP contribution is -2.03. The quantitative estimate of drug-likeness (QED) is 0.149. The lowest BCUT2D eigenvalue weighted by Gasteiger charge is -2.07. The lowest BCUT2D eigenvalue weighted by molar-refractivity contribution is 0.171. The molecule has 4 aromatic rings. The Morgan fingerprint density at radius 1 is 0.453 bits per heavy atom. The molecule has 4 aliphatic rings. The third-order valence-corrected chi connectivity index (χ3v) is 6.65. The van der Waals surface area contributed by atoms with Crippen LogP contribution >= 0.6 is 0 Å². The molecule has 8 heteroatoms. The summed E-state index contributed by atoms with van der Waals surface area (Å²) < 4.78 is 39.3. The van der Waals surface area contributed by atoms with Gasteiger partial charge in [-0.1, -0.05) is 155 Å². The van der Waals surface area contributed by atoms with Crippen molar-refractivity contribution in [1.29, 1.82) is 0 Å². The van der Waals surface area contributed by atoms with Gasteiger partial charge in [0.25, 0.3) is 0 Å². The number of epoxide rings is 4. The highest BCUT2D eigenvalue weighted by Crippen LogP contribution is 2.20. The molecule has 53 heavy (non-hydrogen) atoms. The van der Waals surface area contributed by atoms with Crippen LogP contribution in [0, 0.1) is 0 Å². The molecule has 8 nitrogen and oxygen atoms in total. The molecule has 0 N–H and O–H groups in total. The fourth-order valence-corrected chi connectivity index (χ4v) is 3.51. The van der Waals surface area contributed by atoms with Crippen LogP contribution in [0.5, 0.6) is 5.75 Å². The zero-order chi connectivity index (χ0) is 38.6. The van der Waals surface area contributed by atoms with E-state index >= 15 is 0 Å². The van der Waals surface area contributed by atoms with Crippen LogP contribution in [-0.2, 0) is 33.2 Å². The van der Waals surface area contributed by atoms with E-state index in [2.05, 4.69) is 39.8 Å². The molecule has 0 spiro atoms. The van der Waals surface area contributed by atoms with Gasteiger partial charge in [0, 0.05) is 21.3 Å². The van der Waals surface area contributed by atoms with Gasteiger partial charge in [0.15, 0.2) is 0 Å². The molecule has 4 atom stereocenters. The van der Waals surface area contributed by atoms with Crippen LogP contribution in [0.25, 0.3) is 0 Å². The maximum atomic E-state index is 5.54. The second kappa shape index (κ2) is 34.2. The Hall–Kier alpha value is -3.60. The molecule has 4 aliphatic heterocycles. The van der Waals surface area contributed by atoms with Gasteiger partial charge in [0.05, 0.1) is 46.2 Å². The molecular formula is C45H66O8. The van der Waals surface area contributed by atoms with Crippen molar-refractivity contribution in [3.8, 4) is 5.75 Å². The normalized spacial score (nSPS) is 18.6. The summed E-state index contributed by atoms with van der Waals surface area (Å²) in [6.07, 6.45) is 2.86. The topological polar surface area (TPSA) is 87.0 Å². The number of rotatable bonds is 10. The van der Waals surface area contributed by atoms with Gasteiger partial charge in [-0.25, -0.2) is 0 Å². The average molecular weight is 735 g/mol. The fourth-order valence-electron chi connectivity index (χ4n) is 3.51. The smallest absolute Gasteiger partial charge is 0.119 e. The second-order valence-corrected chi connectivity index (χ2v) is 12.4. The third-order valence-electron chi connectivity index (χ3n) is 6.65. The van der Waals surface area contributed by atoms with E-state index < -0.39 is 0 Å². The van der Waals surface area contributed by atoms with Crippen molar-refractivity contribution < 1.29 is 37.9 Å². The Morgan fingerprint density at radius 3 is 0.849 bits per heavy atom. The zero-order valence-corrected chi connectivity index (χ0v) is 33.2. The predicted molar refractivity (Wildman–Crippen MR) is 216 cm³/mol. The molecule has 0 saturated carbocycles. The van der Waals surface area contributed by atoms with Crippen LogP contribution in [0.15, 0.2) is 133 Å². The molecule has 0 radical (unpaired) electrons.